The molecule has 3 aromatic rings. The smallest absolute Gasteiger partial charge is 0.134 e. The zero-order valence-electron chi connectivity index (χ0n) is 8.18. The molecule has 3 rings (SSSR count). The Morgan fingerprint density at radius 2 is 1.60 bits per heavy atom. The van der Waals surface area contributed by atoms with Crippen molar-refractivity contribution in [1.82, 2.24) is 0 Å². The highest BCUT2D eigenvalue weighted by atomic mass is 16.3. The average Bonchev–Trinajstić information content (AvgIpc) is 2.78. The molecule has 2 aromatic carbocycles. The van der Waals surface area contributed by atoms with E-state index < -0.39 is 0 Å². The van der Waals surface area contributed by atoms with Crippen LogP contribution in [-0.4, -0.2) is 0 Å². The van der Waals surface area contributed by atoms with Crippen LogP contribution in [0.5, 0.6) is 0 Å². The third kappa shape index (κ3) is 1.33. The van der Waals surface area contributed by atoms with Crippen molar-refractivity contribution in [3.8, 4) is 11.1 Å². The molecule has 72 valence electrons. The first-order chi connectivity index (χ1) is 7.45. The third-order valence-electron chi connectivity index (χ3n) is 2.58. The minimum atomic E-state index is 0.941. The van der Waals surface area contributed by atoms with Crippen LogP contribution in [0.2, 0.25) is 0 Å². The lowest BCUT2D eigenvalue weighted by Crippen LogP contribution is -1.76. The Kier molecular flexibility index (Phi) is 1.82. The summed E-state index contributed by atoms with van der Waals surface area (Å²) < 4.78 is 5.38. The Bertz CT molecular complexity index is 578. The van der Waals surface area contributed by atoms with Crippen molar-refractivity contribution >= 4 is 11.0 Å². The van der Waals surface area contributed by atoms with Gasteiger partial charge in [-0.1, -0.05) is 42.5 Å². The summed E-state index contributed by atoms with van der Waals surface area (Å²) in [6.45, 7) is 0. The van der Waals surface area contributed by atoms with Gasteiger partial charge in [-0.05, 0) is 23.3 Å². The molecule has 1 nitrogen and oxygen atoms in total. The number of benzene rings is 2. The number of hydrogen-bond donors (Lipinski definition) is 0. The topological polar surface area (TPSA) is 13.1 Å². The number of rotatable bonds is 1. The van der Waals surface area contributed by atoms with Crippen LogP contribution < -0.4 is 0 Å². The first-order valence-corrected chi connectivity index (χ1v) is 4.97. The lowest BCUT2D eigenvalue weighted by Gasteiger charge is -2.01. The van der Waals surface area contributed by atoms with E-state index in [2.05, 4.69) is 18.2 Å². The Morgan fingerprint density at radius 1 is 0.733 bits per heavy atom. The maximum atomic E-state index is 5.38. The summed E-state index contributed by atoms with van der Waals surface area (Å²) in [5, 5.41) is 1.17. The van der Waals surface area contributed by atoms with E-state index in [1.165, 1.54) is 16.5 Å². The summed E-state index contributed by atoms with van der Waals surface area (Å²) in [7, 11) is 0. The molecular weight excluding hydrogens is 184 g/mol. The first-order valence-electron chi connectivity index (χ1n) is 4.97. The molecule has 15 heavy (non-hydrogen) atoms. The molecule has 0 aliphatic carbocycles. The molecule has 0 saturated heterocycles. The highest BCUT2D eigenvalue weighted by molar-refractivity contribution is 5.93. The lowest BCUT2D eigenvalue weighted by atomic mass is 10.0. The van der Waals surface area contributed by atoms with Crippen LogP contribution in [0.3, 0.4) is 0 Å². The van der Waals surface area contributed by atoms with E-state index in [1.54, 1.807) is 6.26 Å². The van der Waals surface area contributed by atoms with Gasteiger partial charge in [0.05, 0.1) is 6.26 Å². The molecule has 0 unspecified atom stereocenters. The van der Waals surface area contributed by atoms with E-state index in [-0.39, 0.29) is 0 Å². The molecule has 0 aliphatic rings. The Morgan fingerprint density at radius 3 is 2.47 bits per heavy atom. The van der Waals surface area contributed by atoms with Gasteiger partial charge in [0.2, 0.25) is 0 Å². The number of hydrogen-bond acceptors (Lipinski definition) is 1. The minimum absolute atomic E-state index is 0.941. The molecule has 0 radical (unpaired) electrons. The van der Waals surface area contributed by atoms with Gasteiger partial charge in [0.1, 0.15) is 5.58 Å². The van der Waals surface area contributed by atoms with Crippen LogP contribution in [-0.2, 0) is 0 Å². The molecule has 0 aliphatic heterocycles. The maximum Gasteiger partial charge on any atom is 0.134 e. The van der Waals surface area contributed by atoms with Crippen molar-refractivity contribution in [1.29, 1.82) is 0 Å². The molecule has 1 heterocycles. The molecule has 1 aromatic heterocycles. The van der Waals surface area contributed by atoms with Crippen molar-refractivity contribution in [2.75, 3.05) is 0 Å². The standard InChI is InChI=1S/C14H10O/c1-2-5-11(6-3-1)12-7-4-8-14-13(12)9-10-15-14/h1-10H. The summed E-state index contributed by atoms with van der Waals surface area (Å²) in [5.41, 5.74) is 3.39. The molecule has 0 saturated carbocycles. The predicted octanol–water partition coefficient (Wildman–Crippen LogP) is 4.10. The second kappa shape index (κ2) is 3.28. The van der Waals surface area contributed by atoms with E-state index in [1.807, 2.05) is 36.4 Å². The SMILES string of the molecule is c1ccc(-c2cccc3occc23)cc1. The largest absolute Gasteiger partial charge is 0.464 e. The quantitative estimate of drug-likeness (QED) is 0.568. The third-order valence-corrected chi connectivity index (χ3v) is 2.58. The Labute approximate surface area is 88.0 Å². The van der Waals surface area contributed by atoms with Crippen LogP contribution in [0.4, 0.5) is 0 Å². The fourth-order valence-electron chi connectivity index (χ4n) is 1.86. The van der Waals surface area contributed by atoms with Crippen LogP contribution in [0.15, 0.2) is 65.3 Å². The van der Waals surface area contributed by atoms with Crippen molar-refractivity contribution < 1.29 is 4.42 Å². The molecule has 0 fully saturated rings. The van der Waals surface area contributed by atoms with Crippen molar-refractivity contribution in [3.05, 3.63) is 60.9 Å². The molecule has 0 amide bonds. The molecule has 0 N–H and O–H groups in total. The fourth-order valence-corrected chi connectivity index (χ4v) is 1.86. The monoisotopic (exact) mass is 194 g/mol. The van der Waals surface area contributed by atoms with Gasteiger partial charge in [0.15, 0.2) is 0 Å². The van der Waals surface area contributed by atoms with Gasteiger partial charge in [0, 0.05) is 5.39 Å². The molecular formula is C14H10O. The van der Waals surface area contributed by atoms with Gasteiger partial charge in [-0.2, -0.15) is 0 Å². The van der Waals surface area contributed by atoms with E-state index in [9.17, 15) is 0 Å². The summed E-state index contributed by atoms with van der Waals surface area (Å²) in [6, 6.07) is 18.5. The molecule has 1 heteroatoms. The summed E-state index contributed by atoms with van der Waals surface area (Å²) in [6.07, 6.45) is 1.73. The first kappa shape index (κ1) is 8.30. The number of fused-ring (bicyclic) bond motifs is 1. The van der Waals surface area contributed by atoms with E-state index in [0.717, 1.165) is 5.58 Å². The van der Waals surface area contributed by atoms with Crippen LogP contribution >= 0.6 is 0 Å². The highest BCUT2D eigenvalue weighted by Gasteiger charge is 2.03. The van der Waals surface area contributed by atoms with Gasteiger partial charge < -0.3 is 4.42 Å². The van der Waals surface area contributed by atoms with Crippen LogP contribution in [0, 0.1) is 0 Å². The van der Waals surface area contributed by atoms with Crippen molar-refractivity contribution in [2.45, 2.75) is 0 Å². The van der Waals surface area contributed by atoms with Gasteiger partial charge in [-0.25, -0.2) is 0 Å². The zero-order valence-corrected chi connectivity index (χ0v) is 8.18. The normalized spacial score (nSPS) is 10.7. The second-order valence-electron chi connectivity index (χ2n) is 3.50. The summed E-state index contributed by atoms with van der Waals surface area (Å²) in [4.78, 5) is 0. The van der Waals surface area contributed by atoms with Crippen molar-refractivity contribution in [2.24, 2.45) is 0 Å². The Hall–Kier alpha value is -2.02. The molecule has 0 spiro atoms. The molecule has 0 atom stereocenters. The van der Waals surface area contributed by atoms with Crippen LogP contribution in [0.25, 0.3) is 22.1 Å². The van der Waals surface area contributed by atoms with E-state index in [4.69, 9.17) is 4.42 Å². The van der Waals surface area contributed by atoms with Crippen molar-refractivity contribution in [3.63, 3.8) is 0 Å². The zero-order chi connectivity index (χ0) is 10.1. The second-order valence-corrected chi connectivity index (χ2v) is 3.50. The highest BCUT2D eigenvalue weighted by Crippen LogP contribution is 2.28. The van der Waals surface area contributed by atoms with Gasteiger partial charge in [0.25, 0.3) is 0 Å². The van der Waals surface area contributed by atoms with E-state index in [0.29, 0.717) is 0 Å². The van der Waals surface area contributed by atoms with Gasteiger partial charge in [-0.15, -0.1) is 0 Å². The summed E-state index contributed by atoms with van der Waals surface area (Å²) in [5.74, 6) is 0. The summed E-state index contributed by atoms with van der Waals surface area (Å²) >= 11 is 0. The minimum Gasteiger partial charge on any atom is -0.464 e. The fraction of sp³-hybridized carbons (Fsp3) is 0. The van der Waals surface area contributed by atoms with Crippen LogP contribution in [0.1, 0.15) is 0 Å². The maximum absolute atomic E-state index is 5.38. The van der Waals surface area contributed by atoms with E-state index >= 15 is 0 Å². The molecule has 0 bridgehead atoms. The number of furan rings is 1. The average molecular weight is 194 g/mol. The predicted molar refractivity (Wildman–Crippen MR) is 61.7 cm³/mol. The van der Waals surface area contributed by atoms with Gasteiger partial charge >= 0.3 is 0 Å². The van der Waals surface area contributed by atoms with Gasteiger partial charge in [-0.3, -0.25) is 0 Å². The Balaban J connectivity index is 2.31. The lowest BCUT2D eigenvalue weighted by molar-refractivity contribution is 0.616.